The average Bonchev–Trinajstić information content (AvgIpc) is 3.02. The Kier molecular flexibility index (Phi) is 3.85. The molecule has 3 nitrogen and oxygen atoms in total. The number of ether oxygens (including phenoxy) is 1. The van der Waals surface area contributed by atoms with E-state index in [9.17, 15) is 0 Å². The number of nitrogens with one attached hydrogen (secondary N) is 2. The van der Waals surface area contributed by atoms with Crippen molar-refractivity contribution in [1.29, 1.82) is 0 Å². The monoisotopic (exact) mass is 258 g/mol. The summed E-state index contributed by atoms with van der Waals surface area (Å²) in [6.45, 7) is 4.15. The molecular weight excluding hydrogens is 236 g/mol. The molecule has 2 aromatic rings. The van der Waals surface area contributed by atoms with Crippen molar-refractivity contribution < 1.29 is 4.74 Å². The molecule has 0 bridgehead atoms. The topological polar surface area (TPSA) is 37.0 Å². The standard InChI is InChI=1S/C16H22N2O/c1-12-6-7-14(19-12)11-17-9-8-13-10-18-16-5-3-2-4-15(13)16/h2-5,10,12,14,17-18H,6-9,11H2,1H3. The van der Waals surface area contributed by atoms with Crippen LogP contribution in [0.25, 0.3) is 10.9 Å². The SMILES string of the molecule is CC1CCC(CNCCc2c[nH]c3ccccc23)O1. The Morgan fingerprint density at radius 2 is 2.21 bits per heavy atom. The molecule has 2 atom stereocenters. The number of benzene rings is 1. The van der Waals surface area contributed by atoms with Crippen molar-refractivity contribution >= 4 is 10.9 Å². The second-order valence-corrected chi connectivity index (χ2v) is 5.46. The first kappa shape index (κ1) is 12.7. The van der Waals surface area contributed by atoms with Crippen LogP contribution in [0.2, 0.25) is 0 Å². The third-order valence-electron chi connectivity index (χ3n) is 3.94. The molecule has 0 saturated carbocycles. The van der Waals surface area contributed by atoms with Gasteiger partial charge in [0.1, 0.15) is 0 Å². The largest absolute Gasteiger partial charge is 0.374 e. The van der Waals surface area contributed by atoms with Crippen LogP contribution >= 0.6 is 0 Å². The van der Waals surface area contributed by atoms with Gasteiger partial charge in [0, 0.05) is 23.6 Å². The van der Waals surface area contributed by atoms with Gasteiger partial charge in [0.25, 0.3) is 0 Å². The molecule has 1 aliphatic heterocycles. The molecular formula is C16H22N2O. The van der Waals surface area contributed by atoms with E-state index >= 15 is 0 Å². The lowest BCUT2D eigenvalue weighted by molar-refractivity contribution is 0.0562. The Morgan fingerprint density at radius 1 is 1.32 bits per heavy atom. The Morgan fingerprint density at radius 3 is 3.05 bits per heavy atom. The summed E-state index contributed by atoms with van der Waals surface area (Å²) in [4.78, 5) is 3.32. The molecule has 0 spiro atoms. The molecule has 1 aliphatic rings. The van der Waals surface area contributed by atoms with Gasteiger partial charge in [-0.05, 0) is 44.4 Å². The Balaban J connectivity index is 1.47. The van der Waals surface area contributed by atoms with Crippen LogP contribution in [-0.4, -0.2) is 30.3 Å². The molecule has 3 rings (SSSR count). The van der Waals surface area contributed by atoms with Gasteiger partial charge in [-0.25, -0.2) is 0 Å². The van der Waals surface area contributed by atoms with E-state index in [-0.39, 0.29) is 0 Å². The summed E-state index contributed by atoms with van der Waals surface area (Å²) < 4.78 is 5.80. The summed E-state index contributed by atoms with van der Waals surface area (Å²) in [6.07, 6.45) is 6.45. The fourth-order valence-corrected chi connectivity index (χ4v) is 2.86. The quantitative estimate of drug-likeness (QED) is 0.809. The van der Waals surface area contributed by atoms with Gasteiger partial charge in [0.15, 0.2) is 0 Å². The van der Waals surface area contributed by atoms with Gasteiger partial charge in [-0.15, -0.1) is 0 Å². The highest BCUT2D eigenvalue weighted by Gasteiger charge is 2.20. The van der Waals surface area contributed by atoms with Crippen LogP contribution in [0, 0.1) is 0 Å². The Hall–Kier alpha value is -1.32. The molecule has 1 saturated heterocycles. The number of rotatable bonds is 5. The van der Waals surface area contributed by atoms with Crippen molar-refractivity contribution in [1.82, 2.24) is 10.3 Å². The normalized spacial score (nSPS) is 23.2. The van der Waals surface area contributed by atoms with E-state index < -0.39 is 0 Å². The molecule has 0 aliphatic carbocycles. The predicted molar refractivity (Wildman–Crippen MR) is 78.4 cm³/mol. The van der Waals surface area contributed by atoms with Gasteiger partial charge >= 0.3 is 0 Å². The highest BCUT2D eigenvalue weighted by molar-refractivity contribution is 5.83. The Labute approximate surface area is 114 Å². The number of fused-ring (bicyclic) bond motifs is 1. The van der Waals surface area contributed by atoms with Crippen molar-refractivity contribution in [3.05, 3.63) is 36.0 Å². The second-order valence-electron chi connectivity index (χ2n) is 5.46. The predicted octanol–water partition coefficient (Wildman–Crippen LogP) is 2.87. The zero-order chi connectivity index (χ0) is 13.1. The maximum absolute atomic E-state index is 5.80. The number of aromatic amines is 1. The maximum atomic E-state index is 5.80. The minimum Gasteiger partial charge on any atom is -0.374 e. The lowest BCUT2D eigenvalue weighted by atomic mass is 10.1. The van der Waals surface area contributed by atoms with Crippen molar-refractivity contribution in [3.8, 4) is 0 Å². The van der Waals surface area contributed by atoms with Gasteiger partial charge in [-0.2, -0.15) is 0 Å². The summed E-state index contributed by atoms with van der Waals surface area (Å²) in [5, 5.41) is 4.85. The van der Waals surface area contributed by atoms with E-state index in [4.69, 9.17) is 4.74 Å². The van der Waals surface area contributed by atoms with Crippen molar-refractivity contribution in [3.63, 3.8) is 0 Å². The fourth-order valence-electron chi connectivity index (χ4n) is 2.86. The number of hydrogen-bond acceptors (Lipinski definition) is 2. The lowest BCUT2D eigenvalue weighted by Crippen LogP contribution is -2.28. The smallest absolute Gasteiger partial charge is 0.0704 e. The number of H-pyrrole nitrogens is 1. The van der Waals surface area contributed by atoms with Crippen LogP contribution in [0.1, 0.15) is 25.3 Å². The van der Waals surface area contributed by atoms with Gasteiger partial charge in [-0.1, -0.05) is 18.2 Å². The van der Waals surface area contributed by atoms with Crippen LogP contribution in [-0.2, 0) is 11.2 Å². The van der Waals surface area contributed by atoms with Crippen LogP contribution in [0.5, 0.6) is 0 Å². The van der Waals surface area contributed by atoms with Gasteiger partial charge in [0.2, 0.25) is 0 Å². The highest BCUT2D eigenvalue weighted by atomic mass is 16.5. The summed E-state index contributed by atoms with van der Waals surface area (Å²) in [5.74, 6) is 0. The summed E-state index contributed by atoms with van der Waals surface area (Å²) in [7, 11) is 0. The van der Waals surface area contributed by atoms with E-state index in [2.05, 4.69) is 47.7 Å². The fraction of sp³-hybridized carbons (Fsp3) is 0.500. The van der Waals surface area contributed by atoms with Crippen LogP contribution in [0.4, 0.5) is 0 Å². The molecule has 0 amide bonds. The van der Waals surface area contributed by atoms with E-state index in [0.29, 0.717) is 12.2 Å². The molecule has 102 valence electrons. The molecule has 0 radical (unpaired) electrons. The van der Waals surface area contributed by atoms with Gasteiger partial charge in [0.05, 0.1) is 12.2 Å². The van der Waals surface area contributed by atoms with Crippen LogP contribution < -0.4 is 5.32 Å². The molecule has 2 N–H and O–H groups in total. The number of aromatic nitrogens is 1. The summed E-state index contributed by atoms with van der Waals surface area (Å²) in [6, 6.07) is 8.48. The minimum absolute atomic E-state index is 0.415. The highest BCUT2D eigenvalue weighted by Crippen LogP contribution is 2.19. The van der Waals surface area contributed by atoms with Crippen LogP contribution in [0.3, 0.4) is 0 Å². The van der Waals surface area contributed by atoms with Gasteiger partial charge in [-0.3, -0.25) is 0 Å². The average molecular weight is 258 g/mol. The van der Waals surface area contributed by atoms with Crippen LogP contribution in [0.15, 0.2) is 30.5 Å². The van der Waals surface area contributed by atoms with Gasteiger partial charge < -0.3 is 15.0 Å². The maximum Gasteiger partial charge on any atom is 0.0704 e. The minimum atomic E-state index is 0.415. The summed E-state index contributed by atoms with van der Waals surface area (Å²) >= 11 is 0. The van der Waals surface area contributed by atoms with Crippen molar-refractivity contribution in [2.45, 2.75) is 38.4 Å². The molecule has 3 heteroatoms. The van der Waals surface area contributed by atoms with E-state index in [0.717, 1.165) is 19.5 Å². The zero-order valence-corrected chi connectivity index (χ0v) is 11.5. The van der Waals surface area contributed by atoms with E-state index in [1.807, 2.05) is 0 Å². The summed E-state index contributed by atoms with van der Waals surface area (Å²) in [5.41, 5.74) is 2.62. The van der Waals surface area contributed by atoms with Crippen molar-refractivity contribution in [2.75, 3.05) is 13.1 Å². The first-order chi connectivity index (χ1) is 9.33. The second kappa shape index (κ2) is 5.76. The lowest BCUT2D eigenvalue weighted by Gasteiger charge is -2.11. The van der Waals surface area contributed by atoms with E-state index in [1.54, 1.807) is 0 Å². The Bertz CT molecular complexity index is 534. The molecule has 1 aromatic heterocycles. The number of hydrogen-bond donors (Lipinski definition) is 2. The first-order valence-electron chi connectivity index (χ1n) is 7.24. The van der Waals surface area contributed by atoms with E-state index in [1.165, 1.54) is 29.3 Å². The molecule has 1 fully saturated rings. The molecule has 2 unspecified atom stereocenters. The number of para-hydroxylation sites is 1. The van der Waals surface area contributed by atoms with Crippen molar-refractivity contribution in [2.24, 2.45) is 0 Å². The molecule has 19 heavy (non-hydrogen) atoms. The molecule has 2 heterocycles. The zero-order valence-electron chi connectivity index (χ0n) is 11.5. The third-order valence-corrected chi connectivity index (χ3v) is 3.94. The third kappa shape index (κ3) is 2.99. The molecule has 1 aromatic carbocycles. The first-order valence-corrected chi connectivity index (χ1v) is 7.24.